The molecule has 0 spiro atoms. The zero-order valence-corrected chi connectivity index (χ0v) is 19.1. The van der Waals surface area contributed by atoms with E-state index in [0.29, 0.717) is 24.3 Å². The number of carbonyl (C=O) groups excluding carboxylic acids is 2. The summed E-state index contributed by atoms with van der Waals surface area (Å²) >= 11 is 0. The number of imide groups is 1. The summed E-state index contributed by atoms with van der Waals surface area (Å²) < 4.78 is 11.0. The molecule has 1 aliphatic heterocycles. The van der Waals surface area contributed by atoms with Crippen molar-refractivity contribution in [2.75, 3.05) is 13.2 Å². The van der Waals surface area contributed by atoms with E-state index in [-0.39, 0.29) is 13.0 Å². The lowest BCUT2D eigenvalue weighted by molar-refractivity contribution is -0.483. The molecule has 1 aliphatic rings. The number of nitrogens with zero attached hydrogens (tertiary/aromatic N) is 2. The molecule has 3 aromatic rings. The zero-order valence-electron chi connectivity index (χ0n) is 19.1. The van der Waals surface area contributed by atoms with Crippen molar-refractivity contribution in [3.63, 3.8) is 0 Å². The van der Waals surface area contributed by atoms with Gasteiger partial charge in [0.15, 0.2) is 0 Å². The highest BCUT2D eigenvalue weighted by molar-refractivity contribution is 5.94. The predicted molar refractivity (Wildman–Crippen MR) is 129 cm³/mol. The Labute approximate surface area is 203 Å². The highest BCUT2D eigenvalue weighted by Gasteiger charge is 2.39. The summed E-state index contributed by atoms with van der Waals surface area (Å²) in [5, 5.41) is 11.4. The molecule has 2 unspecified atom stereocenters. The third-order valence-corrected chi connectivity index (χ3v) is 5.91. The van der Waals surface area contributed by atoms with Crippen LogP contribution in [0.15, 0.2) is 84.9 Å². The molecule has 180 valence electrons. The number of cyclic esters (lactones) is 1. The van der Waals surface area contributed by atoms with Gasteiger partial charge in [-0.15, -0.1) is 0 Å². The molecule has 1 heterocycles. The molecule has 2 amide bonds. The first-order valence-electron chi connectivity index (χ1n) is 11.4. The number of hydrogen-bond donors (Lipinski definition) is 0. The summed E-state index contributed by atoms with van der Waals surface area (Å²) in [6.45, 7) is 0.00616. The van der Waals surface area contributed by atoms with Gasteiger partial charge >= 0.3 is 6.09 Å². The maximum absolute atomic E-state index is 13.2. The first kappa shape index (κ1) is 23.9. The van der Waals surface area contributed by atoms with Crippen LogP contribution in [0.2, 0.25) is 0 Å². The summed E-state index contributed by atoms with van der Waals surface area (Å²) in [5.41, 5.74) is 2.57. The fraction of sp³-hybridized carbons (Fsp3) is 0.259. The van der Waals surface area contributed by atoms with Gasteiger partial charge in [-0.05, 0) is 35.2 Å². The molecule has 0 aliphatic carbocycles. The van der Waals surface area contributed by atoms with Gasteiger partial charge in [0.1, 0.15) is 19.0 Å². The average Bonchev–Trinajstić information content (AvgIpc) is 3.23. The minimum absolute atomic E-state index is 0.0994. The van der Waals surface area contributed by atoms with Gasteiger partial charge < -0.3 is 9.47 Å². The van der Waals surface area contributed by atoms with Gasteiger partial charge in [-0.1, -0.05) is 72.8 Å². The number of carbonyl (C=O) groups is 2. The predicted octanol–water partition coefficient (Wildman–Crippen LogP) is 4.61. The largest absolute Gasteiger partial charge is 0.489 e. The molecule has 8 heteroatoms. The number of hydrogen-bond acceptors (Lipinski definition) is 6. The van der Waals surface area contributed by atoms with E-state index in [2.05, 4.69) is 0 Å². The quantitative estimate of drug-likeness (QED) is 0.314. The van der Waals surface area contributed by atoms with Crippen molar-refractivity contribution in [1.82, 2.24) is 4.90 Å². The van der Waals surface area contributed by atoms with Crippen LogP contribution in [0.3, 0.4) is 0 Å². The van der Waals surface area contributed by atoms with Crippen LogP contribution in [0.25, 0.3) is 0 Å². The fourth-order valence-electron chi connectivity index (χ4n) is 4.18. The Morgan fingerprint density at radius 1 is 1.03 bits per heavy atom. The molecule has 0 radical (unpaired) electrons. The Bertz CT molecular complexity index is 1170. The van der Waals surface area contributed by atoms with Crippen molar-refractivity contribution >= 4 is 12.0 Å². The Morgan fingerprint density at radius 2 is 1.71 bits per heavy atom. The van der Waals surface area contributed by atoms with E-state index in [9.17, 15) is 19.7 Å². The minimum Gasteiger partial charge on any atom is -0.489 e. The molecule has 3 aromatic carbocycles. The Balaban J connectivity index is 1.47. The highest BCUT2D eigenvalue weighted by atomic mass is 16.6. The number of nitro groups is 1. The second-order valence-corrected chi connectivity index (χ2v) is 8.45. The normalized spacial score (nSPS) is 15.9. The molecule has 0 bridgehead atoms. The van der Waals surface area contributed by atoms with Gasteiger partial charge in [-0.25, -0.2) is 9.69 Å². The lowest BCUT2D eigenvalue weighted by atomic mass is 9.94. The number of amides is 2. The number of rotatable bonds is 10. The van der Waals surface area contributed by atoms with Crippen LogP contribution in [0.1, 0.15) is 29.0 Å². The topological polar surface area (TPSA) is 99.0 Å². The molecule has 0 aromatic heterocycles. The summed E-state index contributed by atoms with van der Waals surface area (Å²) in [5.74, 6) is -0.658. The summed E-state index contributed by atoms with van der Waals surface area (Å²) in [7, 11) is 0. The molecular weight excluding hydrogens is 448 g/mol. The Kier molecular flexibility index (Phi) is 7.72. The van der Waals surface area contributed by atoms with Crippen molar-refractivity contribution < 1.29 is 24.0 Å². The third kappa shape index (κ3) is 6.44. The second-order valence-electron chi connectivity index (χ2n) is 8.45. The second kappa shape index (κ2) is 11.3. The van der Waals surface area contributed by atoms with E-state index >= 15 is 0 Å². The van der Waals surface area contributed by atoms with Crippen molar-refractivity contribution in [2.24, 2.45) is 0 Å². The van der Waals surface area contributed by atoms with Crippen LogP contribution in [-0.2, 0) is 22.6 Å². The molecule has 2 atom stereocenters. The first-order chi connectivity index (χ1) is 17.0. The SMILES string of the molecule is O=C(CC(C[N+](=O)[O-])c1cccc(OCc2ccccc2)c1)N1C(=O)OCC1Cc1ccccc1. The number of benzene rings is 3. The van der Waals surface area contributed by atoms with Crippen LogP contribution in [0.5, 0.6) is 5.75 Å². The van der Waals surface area contributed by atoms with Crippen molar-refractivity contribution in [1.29, 1.82) is 0 Å². The van der Waals surface area contributed by atoms with Crippen molar-refractivity contribution in [3.05, 3.63) is 112 Å². The van der Waals surface area contributed by atoms with E-state index in [0.717, 1.165) is 16.0 Å². The minimum atomic E-state index is -0.719. The average molecular weight is 475 g/mol. The van der Waals surface area contributed by atoms with Crippen molar-refractivity contribution in [3.8, 4) is 5.75 Å². The van der Waals surface area contributed by atoms with E-state index in [1.807, 2.05) is 60.7 Å². The van der Waals surface area contributed by atoms with Gasteiger partial charge in [-0.2, -0.15) is 0 Å². The molecular formula is C27H26N2O6. The summed E-state index contributed by atoms with van der Waals surface area (Å²) in [6.07, 6.45) is -0.444. The Morgan fingerprint density at radius 3 is 2.40 bits per heavy atom. The maximum Gasteiger partial charge on any atom is 0.416 e. The lowest BCUT2D eigenvalue weighted by Crippen LogP contribution is -2.41. The molecule has 0 N–H and O–H groups in total. The van der Waals surface area contributed by atoms with Crippen LogP contribution in [0.4, 0.5) is 4.79 Å². The Hall–Kier alpha value is -4.20. The van der Waals surface area contributed by atoms with E-state index in [1.165, 1.54) is 0 Å². The van der Waals surface area contributed by atoms with Gasteiger partial charge in [0.25, 0.3) is 0 Å². The molecule has 0 saturated carbocycles. The van der Waals surface area contributed by atoms with Crippen LogP contribution in [-0.4, -0.2) is 41.0 Å². The van der Waals surface area contributed by atoms with Crippen LogP contribution in [0, 0.1) is 10.1 Å². The fourth-order valence-corrected chi connectivity index (χ4v) is 4.18. The lowest BCUT2D eigenvalue weighted by Gasteiger charge is -2.22. The number of ether oxygens (including phenoxy) is 2. The molecule has 4 rings (SSSR count). The van der Waals surface area contributed by atoms with Crippen LogP contribution < -0.4 is 4.74 Å². The van der Waals surface area contributed by atoms with Crippen molar-refractivity contribution in [2.45, 2.75) is 31.4 Å². The highest BCUT2D eigenvalue weighted by Crippen LogP contribution is 2.27. The monoisotopic (exact) mass is 474 g/mol. The molecule has 8 nitrogen and oxygen atoms in total. The van der Waals surface area contributed by atoms with Gasteiger partial charge in [0, 0.05) is 11.3 Å². The molecule has 1 fully saturated rings. The van der Waals surface area contributed by atoms with Crippen LogP contribution >= 0.6 is 0 Å². The van der Waals surface area contributed by atoms with E-state index in [4.69, 9.17) is 9.47 Å². The first-order valence-corrected chi connectivity index (χ1v) is 11.4. The third-order valence-electron chi connectivity index (χ3n) is 5.91. The zero-order chi connectivity index (χ0) is 24.6. The van der Waals surface area contributed by atoms with Gasteiger partial charge in [0.05, 0.1) is 12.0 Å². The van der Waals surface area contributed by atoms with E-state index in [1.54, 1.807) is 24.3 Å². The van der Waals surface area contributed by atoms with E-state index < -0.39 is 35.4 Å². The molecule has 35 heavy (non-hydrogen) atoms. The standard InChI is InChI=1S/C27H26N2O6/c30-26(29-24(19-35-27(29)31)14-20-8-3-1-4-9-20)16-23(17-28(32)33)22-12-7-13-25(15-22)34-18-21-10-5-2-6-11-21/h1-13,15,23-24H,14,16-19H2. The maximum atomic E-state index is 13.2. The van der Waals surface area contributed by atoms with Gasteiger partial charge in [-0.3, -0.25) is 14.9 Å². The van der Waals surface area contributed by atoms with Gasteiger partial charge in [0.2, 0.25) is 12.5 Å². The summed E-state index contributed by atoms with van der Waals surface area (Å²) in [6, 6.07) is 25.7. The summed E-state index contributed by atoms with van der Waals surface area (Å²) in [4.78, 5) is 37.6. The molecule has 1 saturated heterocycles. The smallest absolute Gasteiger partial charge is 0.416 e.